The number of benzene rings is 2. The summed E-state index contributed by atoms with van der Waals surface area (Å²) in [5.74, 6) is -1.63. The predicted molar refractivity (Wildman–Crippen MR) is 103 cm³/mol. The minimum Gasteiger partial charge on any atom is -0.452 e. The molecule has 0 aliphatic carbocycles. The molecule has 2 aromatic carbocycles. The number of carbonyl (C=O) groups is 2. The Bertz CT molecular complexity index is 941. The van der Waals surface area contributed by atoms with Gasteiger partial charge in [-0.05, 0) is 24.6 Å². The predicted octanol–water partition coefficient (Wildman–Crippen LogP) is 2.55. The van der Waals surface area contributed by atoms with Crippen molar-refractivity contribution >= 4 is 23.3 Å². The van der Waals surface area contributed by atoms with Crippen LogP contribution in [0.15, 0.2) is 42.5 Å². The minimum absolute atomic E-state index is 0.158. The van der Waals surface area contributed by atoms with E-state index in [-0.39, 0.29) is 17.1 Å². The average molecular weight is 401 g/mol. The van der Waals surface area contributed by atoms with Gasteiger partial charge >= 0.3 is 5.97 Å². The second-order valence-corrected chi connectivity index (χ2v) is 6.62. The molecule has 1 heterocycles. The Morgan fingerprint density at radius 2 is 1.79 bits per heavy atom. The van der Waals surface area contributed by atoms with Gasteiger partial charge < -0.3 is 14.5 Å². The van der Waals surface area contributed by atoms with Gasteiger partial charge in [-0.25, -0.2) is 9.18 Å². The van der Waals surface area contributed by atoms with Crippen LogP contribution in [0.25, 0.3) is 0 Å². The van der Waals surface area contributed by atoms with Crippen LogP contribution in [-0.2, 0) is 9.53 Å². The highest BCUT2D eigenvalue weighted by Gasteiger charge is 2.26. The van der Waals surface area contributed by atoms with Gasteiger partial charge in [0.15, 0.2) is 6.61 Å². The smallest absolute Gasteiger partial charge is 0.345 e. The van der Waals surface area contributed by atoms with Gasteiger partial charge in [0.2, 0.25) is 0 Å². The molecule has 1 aliphatic rings. The van der Waals surface area contributed by atoms with E-state index in [0.717, 1.165) is 0 Å². The number of esters is 1. The Kier molecular flexibility index (Phi) is 6.06. The van der Waals surface area contributed by atoms with Crippen LogP contribution >= 0.6 is 0 Å². The Morgan fingerprint density at radius 3 is 2.45 bits per heavy atom. The van der Waals surface area contributed by atoms with Crippen molar-refractivity contribution in [2.75, 3.05) is 37.7 Å². The molecular formula is C20H20FN3O5. The molecule has 0 radical (unpaired) electrons. The van der Waals surface area contributed by atoms with Gasteiger partial charge in [0, 0.05) is 32.2 Å². The maximum atomic E-state index is 13.9. The Balaban J connectivity index is 1.57. The van der Waals surface area contributed by atoms with E-state index in [2.05, 4.69) is 0 Å². The molecule has 0 atom stereocenters. The topological polar surface area (TPSA) is 93.0 Å². The van der Waals surface area contributed by atoms with E-state index in [1.807, 2.05) is 4.90 Å². The van der Waals surface area contributed by atoms with Crippen molar-refractivity contribution in [3.05, 3.63) is 69.5 Å². The van der Waals surface area contributed by atoms with Crippen LogP contribution in [-0.4, -0.2) is 54.5 Å². The fourth-order valence-corrected chi connectivity index (χ4v) is 3.27. The first-order valence-corrected chi connectivity index (χ1v) is 9.07. The maximum Gasteiger partial charge on any atom is 0.345 e. The number of hydrogen-bond donors (Lipinski definition) is 0. The van der Waals surface area contributed by atoms with Crippen molar-refractivity contribution < 1.29 is 23.6 Å². The summed E-state index contributed by atoms with van der Waals surface area (Å²) in [6, 6.07) is 10.7. The number of hydrogen-bond acceptors (Lipinski definition) is 6. The lowest BCUT2D eigenvalue weighted by molar-refractivity contribution is -0.385. The molecule has 8 nitrogen and oxygen atoms in total. The standard InChI is InChI=1S/C20H20FN3O5/c1-14-5-4-8-17(24(27)28)19(14)20(26)29-13-18(25)23-11-9-22(10-12-23)16-7-3-2-6-15(16)21/h2-8H,9-13H2,1H3. The molecule has 1 aliphatic heterocycles. The summed E-state index contributed by atoms with van der Waals surface area (Å²) in [5.41, 5.74) is 0.365. The Labute approximate surface area is 166 Å². The van der Waals surface area contributed by atoms with Crippen molar-refractivity contribution in [3.8, 4) is 0 Å². The summed E-state index contributed by atoms with van der Waals surface area (Å²) in [7, 11) is 0. The van der Waals surface area contributed by atoms with E-state index in [0.29, 0.717) is 37.4 Å². The molecule has 9 heteroatoms. The van der Waals surface area contributed by atoms with Crippen molar-refractivity contribution in [3.63, 3.8) is 0 Å². The summed E-state index contributed by atoms with van der Waals surface area (Å²) in [5, 5.41) is 11.1. The van der Waals surface area contributed by atoms with Gasteiger partial charge in [0.1, 0.15) is 11.4 Å². The van der Waals surface area contributed by atoms with Crippen molar-refractivity contribution in [2.24, 2.45) is 0 Å². The fourth-order valence-electron chi connectivity index (χ4n) is 3.27. The van der Waals surface area contributed by atoms with Crippen LogP contribution in [0.4, 0.5) is 15.8 Å². The average Bonchev–Trinajstić information content (AvgIpc) is 2.72. The van der Waals surface area contributed by atoms with E-state index < -0.39 is 23.4 Å². The summed E-state index contributed by atoms with van der Waals surface area (Å²) in [6.07, 6.45) is 0. The molecular weight excluding hydrogens is 381 g/mol. The van der Waals surface area contributed by atoms with Crippen molar-refractivity contribution in [2.45, 2.75) is 6.92 Å². The summed E-state index contributed by atoms with van der Waals surface area (Å²) in [4.78, 5) is 38.5. The molecule has 0 spiro atoms. The molecule has 1 fully saturated rings. The van der Waals surface area contributed by atoms with E-state index in [1.54, 1.807) is 31.2 Å². The third-order valence-electron chi connectivity index (χ3n) is 4.80. The second-order valence-electron chi connectivity index (χ2n) is 6.62. The van der Waals surface area contributed by atoms with Crippen LogP contribution in [0.1, 0.15) is 15.9 Å². The molecule has 3 rings (SSSR count). The number of nitrogens with zero attached hydrogens (tertiary/aromatic N) is 3. The zero-order valence-corrected chi connectivity index (χ0v) is 15.8. The van der Waals surface area contributed by atoms with Gasteiger partial charge in [0.25, 0.3) is 11.6 Å². The van der Waals surface area contributed by atoms with E-state index in [9.17, 15) is 24.1 Å². The molecule has 0 aromatic heterocycles. The number of nitro benzene ring substituents is 1. The largest absolute Gasteiger partial charge is 0.452 e. The Morgan fingerprint density at radius 1 is 1.10 bits per heavy atom. The molecule has 0 saturated carbocycles. The number of para-hydroxylation sites is 1. The Hall–Kier alpha value is -3.49. The maximum absolute atomic E-state index is 13.9. The summed E-state index contributed by atoms with van der Waals surface area (Å²) < 4.78 is 18.9. The monoisotopic (exact) mass is 401 g/mol. The quantitative estimate of drug-likeness (QED) is 0.434. The molecule has 152 valence electrons. The van der Waals surface area contributed by atoms with Gasteiger partial charge in [-0.15, -0.1) is 0 Å². The molecule has 0 bridgehead atoms. The molecule has 1 amide bonds. The van der Waals surface area contributed by atoms with E-state index in [1.165, 1.54) is 23.1 Å². The number of piperazine rings is 1. The number of halogens is 1. The number of nitro groups is 1. The molecule has 2 aromatic rings. The van der Waals surface area contributed by atoms with Gasteiger partial charge in [0.05, 0.1) is 10.6 Å². The highest BCUT2D eigenvalue weighted by atomic mass is 19.1. The van der Waals surface area contributed by atoms with Gasteiger partial charge in [-0.3, -0.25) is 14.9 Å². The summed E-state index contributed by atoms with van der Waals surface area (Å²) in [6.45, 7) is 2.66. The minimum atomic E-state index is -0.909. The second kappa shape index (κ2) is 8.68. The third kappa shape index (κ3) is 4.50. The lowest BCUT2D eigenvalue weighted by atomic mass is 10.1. The zero-order chi connectivity index (χ0) is 21.0. The van der Waals surface area contributed by atoms with Crippen LogP contribution in [0, 0.1) is 22.9 Å². The number of ether oxygens (including phenoxy) is 1. The van der Waals surface area contributed by atoms with E-state index >= 15 is 0 Å². The molecule has 0 N–H and O–H groups in total. The first-order chi connectivity index (χ1) is 13.9. The third-order valence-corrected chi connectivity index (χ3v) is 4.80. The van der Waals surface area contributed by atoms with Crippen LogP contribution in [0.2, 0.25) is 0 Å². The van der Waals surface area contributed by atoms with Crippen molar-refractivity contribution in [1.29, 1.82) is 0 Å². The molecule has 29 heavy (non-hydrogen) atoms. The molecule has 0 unspecified atom stereocenters. The first kappa shape index (κ1) is 20.2. The molecule has 1 saturated heterocycles. The number of amides is 1. The normalized spacial score (nSPS) is 13.9. The van der Waals surface area contributed by atoms with Crippen LogP contribution in [0.5, 0.6) is 0 Å². The number of rotatable bonds is 5. The first-order valence-electron chi connectivity index (χ1n) is 9.07. The number of anilines is 1. The van der Waals surface area contributed by atoms with Crippen LogP contribution < -0.4 is 4.90 Å². The van der Waals surface area contributed by atoms with E-state index in [4.69, 9.17) is 4.74 Å². The SMILES string of the molecule is Cc1cccc([N+](=O)[O-])c1C(=O)OCC(=O)N1CCN(c2ccccc2F)CC1. The lowest BCUT2D eigenvalue weighted by Gasteiger charge is -2.36. The van der Waals surface area contributed by atoms with Crippen LogP contribution in [0.3, 0.4) is 0 Å². The zero-order valence-electron chi connectivity index (χ0n) is 15.8. The highest BCUT2D eigenvalue weighted by molar-refractivity contribution is 5.96. The lowest BCUT2D eigenvalue weighted by Crippen LogP contribution is -2.50. The van der Waals surface area contributed by atoms with Crippen molar-refractivity contribution in [1.82, 2.24) is 4.90 Å². The summed E-state index contributed by atoms with van der Waals surface area (Å²) >= 11 is 0. The van der Waals surface area contributed by atoms with Gasteiger partial charge in [-0.2, -0.15) is 0 Å². The highest BCUT2D eigenvalue weighted by Crippen LogP contribution is 2.23. The fraction of sp³-hybridized carbons (Fsp3) is 0.300. The van der Waals surface area contributed by atoms with Gasteiger partial charge in [-0.1, -0.05) is 24.3 Å². The number of aryl methyl sites for hydroxylation is 1. The number of carbonyl (C=O) groups excluding carboxylic acids is 2.